The Hall–Kier alpha value is -1.92. The molecule has 1 aliphatic rings. The molecule has 0 unspecified atom stereocenters. The van der Waals surface area contributed by atoms with Crippen LogP contribution >= 0.6 is 0 Å². The predicted molar refractivity (Wildman–Crippen MR) is 96.5 cm³/mol. The lowest BCUT2D eigenvalue weighted by molar-refractivity contribution is 0.0775. The number of hydrogen-bond acceptors (Lipinski definition) is 4. The summed E-state index contributed by atoms with van der Waals surface area (Å²) in [6.07, 6.45) is 0. The van der Waals surface area contributed by atoms with Crippen LogP contribution in [0.5, 0.6) is 0 Å². The van der Waals surface area contributed by atoms with Crippen molar-refractivity contribution < 1.29 is 0 Å². The highest BCUT2D eigenvalue weighted by molar-refractivity contribution is 5.76. The van der Waals surface area contributed by atoms with E-state index in [1.165, 1.54) is 4.57 Å². The minimum atomic E-state index is -0.321. The van der Waals surface area contributed by atoms with Crippen LogP contribution in [0.15, 0.2) is 33.9 Å². The van der Waals surface area contributed by atoms with Gasteiger partial charge in [-0.3, -0.25) is 14.3 Å². The van der Waals surface area contributed by atoms with E-state index in [2.05, 4.69) is 35.7 Å². The number of H-pyrrole nitrogens is 1. The first kappa shape index (κ1) is 16.9. The molecular formula is C18H26N4O2. The lowest BCUT2D eigenvalue weighted by atomic mass is 10.0. The number of piperazine rings is 1. The zero-order valence-corrected chi connectivity index (χ0v) is 14.7. The summed E-state index contributed by atoms with van der Waals surface area (Å²) in [5, 5.41) is 0.568. The molecule has 2 heterocycles. The maximum atomic E-state index is 12.8. The quantitative estimate of drug-likeness (QED) is 0.907. The summed E-state index contributed by atoms with van der Waals surface area (Å²) in [6, 6.07) is 7.36. The number of aromatic amines is 1. The highest BCUT2D eigenvalue weighted by Crippen LogP contribution is 2.15. The molecule has 1 N–H and O–H groups in total. The maximum absolute atomic E-state index is 12.8. The second-order valence-electron chi connectivity index (χ2n) is 7.04. The molecule has 0 saturated carbocycles. The van der Waals surface area contributed by atoms with Crippen molar-refractivity contribution in [2.75, 3.05) is 33.2 Å². The number of benzene rings is 1. The van der Waals surface area contributed by atoms with Gasteiger partial charge >= 0.3 is 5.69 Å². The summed E-state index contributed by atoms with van der Waals surface area (Å²) in [6.45, 7) is 8.73. The zero-order chi connectivity index (χ0) is 17.3. The monoisotopic (exact) mass is 330 g/mol. The molecule has 24 heavy (non-hydrogen) atoms. The Morgan fingerprint density at radius 2 is 1.75 bits per heavy atom. The second-order valence-corrected chi connectivity index (χ2v) is 7.04. The molecule has 3 rings (SSSR count). The predicted octanol–water partition coefficient (Wildman–Crippen LogP) is 0.962. The van der Waals surface area contributed by atoms with Crippen molar-refractivity contribution in [1.29, 1.82) is 0 Å². The Bertz CT molecular complexity index is 816. The highest BCUT2D eigenvalue weighted by Gasteiger charge is 2.26. The fourth-order valence-electron chi connectivity index (χ4n) is 3.45. The number of aromatic nitrogens is 2. The molecule has 1 saturated heterocycles. The van der Waals surface area contributed by atoms with Crippen molar-refractivity contribution >= 4 is 10.9 Å². The Morgan fingerprint density at radius 1 is 1.08 bits per heavy atom. The van der Waals surface area contributed by atoms with Gasteiger partial charge in [0.05, 0.1) is 10.9 Å². The van der Waals surface area contributed by atoms with Gasteiger partial charge in [-0.1, -0.05) is 26.0 Å². The normalized spacial score (nSPS) is 18.3. The summed E-state index contributed by atoms with van der Waals surface area (Å²) in [4.78, 5) is 32.7. The van der Waals surface area contributed by atoms with E-state index in [4.69, 9.17) is 0 Å². The van der Waals surface area contributed by atoms with E-state index in [9.17, 15) is 9.59 Å². The number of rotatable bonds is 4. The summed E-state index contributed by atoms with van der Waals surface area (Å²) < 4.78 is 1.37. The van der Waals surface area contributed by atoms with Crippen molar-refractivity contribution in [2.24, 2.45) is 5.92 Å². The molecule has 6 heteroatoms. The molecule has 6 nitrogen and oxygen atoms in total. The third kappa shape index (κ3) is 3.30. The summed E-state index contributed by atoms with van der Waals surface area (Å²) >= 11 is 0. The minimum absolute atomic E-state index is 0.179. The SMILES string of the molecule is CC(C)[C@@H](Cn1c(=O)[nH]c2ccccc2c1=O)N1CCN(C)CC1. The molecule has 0 radical (unpaired) electrons. The molecule has 1 aliphatic heterocycles. The van der Waals surface area contributed by atoms with Gasteiger partial charge in [-0.05, 0) is 25.1 Å². The molecule has 0 spiro atoms. The summed E-state index contributed by atoms with van der Waals surface area (Å²) in [7, 11) is 2.13. The van der Waals surface area contributed by atoms with Gasteiger partial charge in [-0.2, -0.15) is 0 Å². The van der Waals surface area contributed by atoms with Crippen LogP contribution in [0.25, 0.3) is 10.9 Å². The summed E-state index contributed by atoms with van der Waals surface area (Å²) in [5.41, 5.74) is 0.0806. The van der Waals surface area contributed by atoms with Gasteiger partial charge in [0.1, 0.15) is 0 Å². The third-order valence-corrected chi connectivity index (χ3v) is 5.04. The average Bonchev–Trinajstić information content (AvgIpc) is 2.56. The van der Waals surface area contributed by atoms with Crippen LogP contribution in [-0.2, 0) is 6.54 Å². The highest BCUT2D eigenvalue weighted by atomic mass is 16.2. The zero-order valence-electron chi connectivity index (χ0n) is 14.7. The first-order valence-electron chi connectivity index (χ1n) is 8.62. The van der Waals surface area contributed by atoms with Gasteiger partial charge in [-0.15, -0.1) is 0 Å². The number of para-hydroxylation sites is 1. The van der Waals surface area contributed by atoms with Crippen molar-refractivity contribution in [3.63, 3.8) is 0 Å². The Morgan fingerprint density at radius 3 is 2.42 bits per heavy atom. The van der Waals surface area contributed by atoms with Gasteiger partial charge in [-0.25, -0.2) is 4.79 Å². The Labute approximate surface area is 141 Å². The lowest BCUT2D eigenvalue weighted by Crippen LogP contribution is -2.53. The van der Waals surface area contributed by atoms with E-state index >= 15 is 0 Å². The Kier molecular flexibility index (Phi) is 4.87. The second kappa shape index (κ2) is 6.91. The first-order chi connectivity index (χ1) is 11.5. The van der Waals surface area contributed by atoms with Crippen LogP contribution < -0.4 is 11.2 Å². The molecule has 0 amide bonds. The van der Waals surface area contributed by atoms with Crippen LogP contribution in [0.3, 0.4) is 0 Å². The first-order valence-corrected chi connectivity index (χ1v) is 8.62. The van der Waals surface area contributed by atoms with Gasteiger partial charge < -0.3 is 9.88 Å². The van der Waals surface area contributed by atoms with E-state index in [0.717, 1.165) is 26.2 Å². The lowest BCUT2D eigenvalue weighted by Gasteiger charge is -2.39. The molecule has 1 aromatic heterocycles. The van der Waals surface area contributed by atoms with Gasteiger partial charge in [0.25, 0.3) is 5.56 Å². The molecule has 1 atom stereocenters. The number of nitrogens with one attached hydrogen (secondary N) is 1. The largest absolute Gasteiger partial charge is 0.328 e. The fraction of sp³-hybridized carbons (Fsp3) is 0.556. The van der Waals surface area contributed by atoms with E-state index < -0.39 is 0 Å². The number of fused-ring (bicyclic) bond motifs is 1. The van der Waals surface area contributed by atoms with Gasteiger partial charge in [0.15, 0.2) is 0 Å². The average molecular weight is 330 g/mol. The Balaban J connectivity index is 1.94. The van der Waals surface area contributed by atoms with E-state index in [0.29, 0.717) is 23.4 Å². The van der Waals surface area contributed by atoms with Crippen LogP contribution in [0.1, 0.15) is 13.8 Å². The number of hydrogen-bond donors (Lipinski definition) is 1. The van der Waals surface area contributed by atoms with Gasteiger partial charge in [0.2, 0.25) is 0 Å². The minimum Gasteiger partial charge on any atom is -0.307 e. The molecule has 130 valence electrons. The molecule has 1 aromatic carbocycles. The number of likely N-dealkylation sites (N-methyl/N-ethyl adjacent to an activating group) is 1. The fourth-order valence-corrected chi connectivity index (χ4v) is 3.45. The van der Waals surface area contributed by atoms with Crippen LogP contribution in [-0.4, -0.2) is 58.6 Å². The van der Waals surface area contributed by atoms with Crippen molar-refractivity contribution in [3.05, 3.63) is 45.1 Å². The van der Waals surface area contributed by atoms with Crippen molar-refractivity contribution in [2.45, 2.75) is 26.4 Å². The van der Waals surface area contributed by atoms with E-state index in [1.54, 1.807) is 12.1 Å². The van der Waals surface area contributed by atoms with E-state index in [-0.39, 0.29) is 17.3 Å². The molecule has 0 aliphatic carbocycles. The van der Waals surface area contributed by atoms with Crippen molar-refractivity contribution in [1.82, 2.24) is 19.4 Å². The summed E-state index contributed by atoms with van der Waals surface area (Å²) in [5.74, 6) is 0.367. The van der Waals surface area contributed by atoms with Crippen LogP contribution in [0.4, 0.5) is 0 Å². The maximum Gasteiger partial charge on any atom is 0.328 e. The smallest absolute Gasteiger partial charge is 0.307 e. The topological polar surface area (TPSA) is 61.3 Å². The standard InChI is InChI=1S/C18H26N4O2/c1-13(2)16(21-10-8-20(3)9-11-21)12-22-17(23)14-6-4-5-7-15(14)19-18(22)24/h4-7,13,16H,8-12H2,1-3H3,(H,19,24)/t16-/m1/s1. The van der Waals surface area contributed by atoms with Gasteiger partial charge in [0, 0.05) is 38.8 Å². The van der Waals surface area contributed by atoms with E-state index in [1.807, 2.05) is 12.1 Å². The molecule has 0 bridgehead atoms. The van der Waals surface area contributed by atoms with Crippen LogP contribution in [0, 0.1) is 5.92 Å². The molecular weight excluding hydrogens is 304 g/mol. The molecule has 2 aromatic rings. The van der Waals surface area contributed by atoms with Crippen molar-refractivity contribution in [3.8, 4) is 0 Å². The molecule has 1 fully saturated rings. The number of nitrogens with zero attached hydrogens (tertiary/aromatic N) is 3. The third-order valence-electron chi connectivity index (χ3n) is 5.04. The van der Waals surface area contributed by atoms with Crippen LogP contribution in [0.2, 0.25) is 0 Å².